The van der Waals surface area contributed by atoms with Crippen molar-refractivity contribution in [1.82, 2.24) is 20.9 Å². The Kier molecular flexibility index (Phi) is 7.42. The van der Waals surface area contributed by atoms with E-state index < -0.39 is 18.1 Å². The van der Waals surface area contributed by atoms with Crippen LogP contribution in [0.4, 0.5) is 5.82 Å². The van der Waals surface area contributed by atoms with Gasteiger partial charge in [-0.2, -0.15) is 0 Å². The van der Waals surface area contributed by atoms with E-state index >= 15 is 0 Å². The third-order valence-corrected chi connectivity index (χ3v) is 6.22. The number of nitrogens with one attached hydrogen (secondary N) is 3. The number of pyridine rings is 1. The molecule has 30 heavy (non-hydrogen) atoms. The molecule has 3 rings (SSSR count). The lowest BCUT2D eigenvalue weighted by molar-refractivity contribution is -0.131. The maximum Gasteiger partial charge on any atom is 0.251 e. The van der Waals surface area contributed by atoms with E-state index in [4.69, 9.17) is 0 Å². The van der Waals surface area contributed by atoms with Crippen LogP contribution in [0, 0.1) is 5.92 Å². The summed E-state index contributed by atoms with van der Waals surface area (Å²) in [4.78, 5) is 45.2. The largest absolute Gasteiger partial charge is 0.355 e. The van der Waals surface area contributed by atoms with Crippen molar-refractivity contribution in [3.05, 3.63) is 23.9 Å². The lowest BCUT2D eigenvalue weighted by Crippen LogP contribution is -2.59. The molecule has 3 N–H and O–H groups in total. The van der Waals surface area contributed by atoms with Crippen molar-refractivity contribution in [1.29, 1.82) is 0 Å². The van der Waals surface area contributed by atoms with Gasteiger partial charge in [-0.3, -0.25) is 19.3 Å². The Morgan fingerprint density at radius 3 is 2.63 bits per heavy atom. The van der Waals surface area contributed by atoms with E-state index in [-0.39, 0.29) is 23.6 Å². The molecule has 164 valence electrons. The van der Waals surface area contributed by atoms with Crippen LogP contribution in [0.5, 0.6) is 0 Å². The van der Waals surface area contributed by atoms with Gasteiger partial charge < -0.3 is 16.0 Å². The van der Waals surface area contributed by atoms with Gasteiger partial charge in [-0.15, -0.1) is 0 Å². The molecular formula is C22H33N5O3. The van der Waals surface area contributed by atoms with Gasteiger partial charge in [-0.1, -0.05) is 25.3 Å². The van der Waals surface area contributed by atoms with E-state index in [0.29, 0.717) is 18.8 Å². The van der Waals surface area contributed by atoms with Crippen LogP contribution in [0.15, 0.2) is 18.3 Å². The minimum atomic E-state index is -0.668. The van der Waals surface area contributed by atoms with E-state index in [2.05, 4.69) is 20.9 Å². The number of anilines is 1. The van der Waals surface area contributed by atoms with Gasteiger partial charge in [0.1, 0.15) is 17.9 Å². The highest BCUT2D eigenvalue weighted by Crippen LogP contribution is 2.34. The predicted molar refractivity (Wildman–Crippen MR) is 115 cm³/mol. The van der Waals surface area contributed by atoms with Crippen molar-refractivity contribution < 1.29 is 14.4 Å². The summed E-state index contributed by atoms with van der Waals surface area (Å²) in [7, 11) is 1.72. The molecule has 0 saturated heterocycles. The van der Waals surface area contributed by atoms with Crippen molar-refractivity contribution in [3.8, 4) is 0 Å². The van der Waals surface area contributed by atoms with Gasteiger partial charge in [0, 0.05) is 19.2 Å². The van der Waals surface area contributed by atoms with E-state index in [1.807, 2.05) is 19.1 Å². The quantitative estimate of drug-likeness (QED) is 0.620. The first kappa shape index (κ1) is 22.2. The Hall–Kier alpha value is -2.48. The molecule has 0 radical (unpaired) electrons. The monoisotopic (exact) mass is 415 g/mol. The van der Waals surface area contributed by atoms with Gasteiger partial charge in [0.25, 0.3) is 5.91 Å². The van der Waals surface area contributed by atoms with Crippen molar-refractivity contribution in [2.24, 2.45) is 5.92 Å². The number of hydrogen-bond acceptors (Lipinski definition) is 5. The van der Waals surface area contributed by atoms with Gasteiger partial charge in [0.15, 0.2) is 0 Å². The second kappa shape index (κ2) is 10.0. The number of rotatable bonds is 7. The van der Waals surface area contributed by atoms with Gasteiger partial charge in [0.05, 0.1) is 6.04 Å². The fraction of sp³-hybridized carbons (Fsp3) is 0.636. The molecule has 8 heteroatoms. The molecule has 1 aromatic rings. The topological polar surface area (TPSA) is 103 Å². The first-order chi connectivity index (χ1) is 14.5. The number of fused-ring (bicyclic) bond motifs is 1. The Morgan fingerprint density at radius 2 is 1.97 bits per heavy atom. The molecule has 1 aliphatic carbocycles. The van der Waals surface area contributed by atoms with Crippen LogP contribution in [0.2, 0.25) is 0 Å². The summed E-state index contributed by atoms with van der Waals surface area (Å²) < 4.78 is 0. The fourth-order valence-electron chi connectivity index (χ4n) is 4.42. The summed E-state index contributed by atoms with van der Waals surface area (Å²) >= 11 is 0. The molecule has 1 fully saturated rings. The second-order valence-electron chi connectivity index (χ2n) is 8.20. The molecule has 0 bridgehead atoms. The molecule has 3 atom stereocenters. The van der Waals surface area contributed by atoms with Gasteiger partial charge >= 0.3 is 0 Å². The number of nitrogens with zero attached hydrogens (tertiary/aromatic N) is 2. The molecule has 0 spiro atoms. The average molecular weight is 416 g/mol. The zero-order valence-corrected chi connectivity index (χ0v) is 18.1. The smallest absolute Gasteiger partial charge is 0.251 e. The van der Waals surface area contributed by atoms with Gasteiger partial charge in [0.2, 0.25) is 11.8 Å². The van der Waals surface area contributed by atoms with Crippen LogP contribution < -0.4 is 20.9 Å². The predicted octanol–water partition coefficient (Wildman–Crippen LogP) is 1.15. The van der Waals surface area contributed by atoms with Crippen molar-refractivity contribution in [3.63, 3.8) is 0 Å². The minimum Gasteiger partial charge on any atom is -0.355 e. The molecule has 8 nitrogen and oxygen atoms in total. The zero-order valence-electron chi connectivity index (χ0n) is 18.1. The number of carbonyl (C=O) groups is 3. The molecule has 1 aliphatic heterocycles. The highest BCUT2D eigenvalue weighted by atomic mass is 16.2. The molecule has 0 unspecified atom stereocenters. The van der Waals surface area contributed by atoms with E-state index in [0.717, 1.165) is 37.7 Å². The van der Waals surface area contributed by atoms with Gasteiger partial charge in [-0.05, 0) is 51.3 Å². The molecule has 0 aromatic carbocycles. The van der Waals surface area contributed by atoms with Crippen molar-refractivity contribution in [2.75, 3.05) is 18.5 Å². The lowest BCUT2D eigenvalue weighted by atomic mass is 9.83. The Morgan fingerprint density at radius 1 is 1.23 bits per heavy atom. The van der Waals surface area contributed by atoms with Crippen LogP contribution in [0.1, 0.15) is 51.5 Å². The molecule has 2 aliphatic rings. The second-order valence-corrected chi connectivity index (χ2v) is 8.20. The Balaban J connectivity index is 1.93. The number of amides is 3. The normalized spacial score (nSPS) is 20.9. The SMILES string of the molecule is CCNC(=O)[C@@H]1Cc2cccnc2N1C(=O)[C@@H](NC(=O)[C@H](C)NC)C1CCCCC1. The van der Waals surface area contributed by atoms with Crippen molar-refractivity contribution in [2.45, 2.75) is 70.5 Å². The first-order valence-electron chi connectivity index (χ1n) is 11.0. The average Bonchev–Trinajstić information content (AvgIpc) is 3.16. The fourth-order valence-corrected chi connectivity index (χ4v) is 4.42. The Bertz CT molecular complexity index is 778. The summed E-state index contributed by atoms with van der Waals surface area (Å²) in [5.41, 5.74) is 0.874. The summed E-state index contributed by atoms with van der Waals surface area (Å²) in [6.07, 6.45) is 7.07. The summed E-state index contributed by atoms with van der Waals surface area (Å²) in [5.74, 6) is -0.0674. The van der Waals surface area contributed by atoms with Crippen LogP contribution in [0.25, 0.3) is 0 Å². The maximum atomic E-state index is 13.8. The number of likely N-dealkylation sites (N-methyl/N-ethyl adjacent to an activating group) is 2. The molecule has 1 saturated carbocycles. The van der Waals surface area contributed by atoms with E-state index in [1.54, 1.807) is 20.2 Å². The first-order valence-corrected chi connectivity index (χ1v) is 11.0. The summed E-state index contributed by atoms with van der Waals surface area (Å²) in [6.45, 7) is 4.11. The highest BCUT2D eigenvalue weighted by molar-refractivity contribution is 6.06. The molecule has 1 aromatic heterocycles. The third-order valence-electron chi connectivity index (χ3n) is 6.22. The van der Waals surface area contributed by atoms with Crippen LogP contribution in [-0.4, -0.2) is 54.4 Å². The number of hydrogen-bond donors (Lipinski definition) is 3. The van der Waals surface area contributed by atoms with Crippen molar-refractivity contribution >= 4 is 23.5 Å². The number of carbonyl (C=O) groups excluding carboxylic acids is 3. The molecule has 3 amide bonds. The summed E-state index contributed by atoms with van der Waals surface area (Å²) in [5, 5.41) is 8.75. The molecular weight excluding hydrogens is 382 g/mol. The highest BCUT2D eigenvalue weighted by Gasteiger charge is 2.44. The minimum absolute atomic E-state index is 0.0573. The summed E-state index contributed by atoms with van der Waals surface area (Å²) in [6, 6.07) is 1.99. The lowest BCUT2D eigenvalue weighted by Gasteiger charge is -2.35. The van der Waals surface area contributed by atoms with E-state index in [1.165, 1.54) is 4.90 Å². The van der Waals surface area contributed by atoms with Gasteiger partial charge in [-0.25, -0.2) is 4.98 Å². The standard InChI is InChI=1S/C22H33N5O3/c1-4-24-21(29)17-13-16-11-8-12-25-19(16)27(17)22(30)18(15-9-6-5-7-10-15)26-20(28)14(2)23-3/h8,11-12,14-15,17-18,23H,4-7,9-10,13H2,1-3H3,(H,24,29)(H,26,28)/t14-,17-,18-/m0/s1. The van der Waals surface area contributed by atoms with E-state index in [9.17, 15) is 14.4 Å². The number of aromatic nitrogens is 1. The Labute approximate surface area is 178 Å². The maximum absolute atomic E-state index is 13.8. The zero-order chi connectivity index (χ0) is 21.7. The van der Waals surface area contributed by atoms with Crippen LogP contribution >= 0.6 is 0 Å². The van der Waals surface area contributed by atoms with Crippen LogP contribution in [-0.2, 0) is 20.8 Å². The van der Waals surface area contributed by atoms with Crippen LogP contribution in [0.3, 0.4) is 0 Å². The third kappa shape index (κ3) is 4.64. The molecule has 2 heterocycles.